The second kappa shape index (κ2) is 6.76. The van der Waals surface area contributed by atoms with Crippen molar-refractivity contribution >= 4 is 22.1 Å². The lowest BCUT2D eigenvalue weighted by atomic mass is 10.1. The first-order valence-corrected chi connectivity index (χ1v) is 8.69. The van der Waals surface area contributed by atoms with Crippen LogP contribution in [0.4, 0.5) is 0 Å². The largest absolute Gasteiger partial charge is 0.394 e. The number of hydrogen-bond acceptors (Lipinski definition) is 9. The number of nitrogens with one attached hydrogen (secondary N) is 1. The molecule has 2 heterocycles. The maximum Gasteiger partial charge on any atom is 0.270 e. The van der Waals surface area contributed by atoms with Crippen LogP contribution in [-0.2, 0) is 14.6 Å². The first-order valence-electron chi connectivity index (χ1n) is 6.63. The molecule has 1 saturated heterocycles. The van der Waals surface area contributed by atoms with Gasteiger partial charge in [-0.3, -0.25) is 14.3 Å². The van der Waals surface area contributed by atoms with Crippen LogP contribution in [0, 0.1) is 4.77 Å². The fraction of sp³-hybridized carbons (Fsp3) is 0.636. The van der Waals surface area contributed by atoms with Gasteiger partial charge in [0, 0.05) is 12.7 Å². The average molecular weight is 367 g/mol. The van der Waals surface area contributed by atoms with Crippen LogP contribution >= 0.6 is 12.2 Å². The highest BCUT2D eigenvalue weighted by Gasteiger charge is 2.43. The van der Waals surface area contributed by atoms with Gasteiger partial charge in [-0.15, -0.1) is 0 Å². The molecule has 1 aliphatic rings. The lowest BCUT2D eigenvalue weighted by molar-refractivity contribution is -0.0544. The number of aromatic nitrogens is 2. The van der Waals surface area contributed by atoms with E-state index in [4.69, 9.17) is 27.8 Å². The van der Waals surface area contributed by atoms with Crippen molar-refractivity contribution in [1.82, 2.24) is 9.55 Å². The molecule has 1 aromatic rings. The molecular formula is C11H17N3O7S2. The molecule has 0 radical (unpaired) electrons. The third kappa shape index (κ3) is 3.38. The van der Waals surface area contributed by atoms with Crippen molar-refractivity contribution in [2.24, 2.45) is 5.73 Å². The molecule has 0 aliphatic carbocycles. The normalized spacial score (nSPS) is 28.2. The summed E-state index contributed by atoms with van der Waals surface area (Å²) in [6.45, 7) is -0.727. The summed E-state index contributed by atoms with van der Waals surface area (Å²) in [5.41, 5.74) is 4.31. The van der Waals surface area contributed by atoms with E-state index in [0.29, 0.717) is 0 Å². The van der Waals surface area contributed by atoms with Crippen LogP contribution in [0.3, 0.4) is 0 Å². The molecule has 12 heteroatoms. The Balaban J connectivity index is 2.53. The van der Waals surface area contributed by atoms with E-state index >= 15 is 0 Å². The Bertz CT molecular complexity index is 788. The highest BCUT2D eigenvalue weighted by Crippen LogP contribution is 2.29. The molecule has 0 spiro atoms. The number of rotatable bonds is 5. The molecule has 0 amide bonds. The van der Waals surface area contributed by atoms with E-state index < -0.39 is 57.2 Å². The van der Waals surface area contributed by atoms with Gasteiger partial charge in [-0.1, -0.05) is 0 Å². The number of H-pyrrole nitrogens is 1. The summed E-state index contributed by atoms with van der Waals surface area (Å²) in [6, 6.07) is 0. The molecule has 10 nitrogen and oxygen atoms in total. The molecule has 1 fully saturated rings. The number of aliphatic hydroxyl groups is 3. The van der Waals surface area contributed by atoms with E-state index in [1.807, 2.05) is 0 Å². The van der Waals surface area contributed by atoms with Crippen LogP contribution in [0.15, 0.2) is 15.9 Å². The molecule has 0 aromatic carbocycles. The molecule has 1 aromatic heterocycles. The maximum absolute atomic E-state index is 12.1. The van der Waals surface area contributed by atoms with Crippen molar-refractivity contribution < 1.29 is 28.5 Å². The number of aromatic amines is 1. The number of ether oxygens (including phenoxy) is 1. The Kier molecular flexibility index (Phi) is 5.35. The average Bonchev–Trinajstić information content (AvgIpc) is 2.75. The number of aliphatic hydroxyl groups excluding tert-OH is 3. The summed E-state index contributed by atoms with van der Waals surface area (Å²) in [6.07, 6.45) is -4.23. The van der Waals surface area contributed by atoms with Crippen molar-refractivity contribution in [3.63, 3.8) is 0 Å². The molecule has 0 saturated carbocycles. The standard InChI is InChI=1S/C11H17N3O7S2/c12-1-2-23(19,20)6-3-14(11(22)13-9(6)18)10-8(17)7(16)5(4-15)21-10/h3,5,7-8,10,15-17H,1-2,4,12H2,(H,13,18,22)/t5-,7-,8-,10-/m1/s1. The Hall–Kier alpha value is -1.15. The molecule has 4 atom stereocenters. The second-order valence-electron chi connectivity index (χ2n) is 5.00. The molecule has 23 heavy (non-hydrogen) atoms. The van der Waals surface area contributed by atoms with Gasteiger partial charge in [0.25, 0.3) is 5.56 Å². The zero-order valence-electron chi connectivity index (χ0n) is 11.8. The third-order valence-corrected chi connectivity index (χ3v) is 5.50. The van der Waals surface area contributed by atoms with Gasteiger partial charge in [-0.25, -0.2) is 8.42 Å². The fourth-order valence-corrected chi connectivity index (χ4v) is 3.64. The minimum Gasteiger partial charge on any atom is -0.394 e. The van der Waals surface area contributed by atoms with Crippen molar-refractivity contribution in [1.29, 1.82) is 0 Å². The zero-order valence-corrected chi connectivity index (χ0v) is 13.5. The van der Waals surface area contributed by atoms with Crippen molar-refractivity contribution in [3.8, 4) is 0 Å². The Morgan fingerprint density at radius 1 is 1.39 bits per heavy atom. The monoisotopic (exact) mass is 367 g/mol. The first-order chi connectivity index (χ1) is 10.7. The Morgan fingerprint density at radius 3 is 2.57 bits per heavy atom. The molecular weight excluding hydrogens is 350 g/mol. The van der Waals surface area contributed by atoms with E-state index in [1.165, 1.54) is 0 Å². The van der Waals surface area contributed by atoms with Crippen molar-refractivity contribution in [2.45, 2.75) is 29.4 Å². The highest BCUT2D eigenvalue weighted by molar-refractivity contribution is 7.91. The number of nitrogens with zero attached hydrogens (tertiary/aromatic N) is 1. The molecule has 0 unspecified atom stereocenters. The minimum atomic E-state index is -3.94. The SMILES string of the molecule is NCCS(=O)(=O)c1cn([C@@H]2O[C@H](CO)[C@@H](O)[C@H]2O)c(=S)[nH]c1=O. The van der Waals surface area contributed by atoms with Gasteiger partial charge >= 0.3 is 0 Å². The summed E-state index contributed by atoms with van der Waals surface area (Å²) >= 11 is 4.94. The Labute approximate surface area is 136 Å². The quantitative estimate of drug-likeness (QED) is 0.346. The van der Waals surface area contributed by atoms with E-state index in [-0.39, 0.29) is 11.3 Å². The van der Waals surface area contributed by atoms with Crippen LogP contribution in [0.25, 0.3) is 0 Å². The molecule has 1 aliphatic heterocycles. The third-order valence-electron chi connectivity index (χ3n) is 3.45. The van der Waals surface area contributed by atoms with Crippen molar-refractivity contribution in [3.05, 3.63) is 21.3 Å². The molecule has 6 N–H and O–H groups in total. The first kappa shape index (κ1) is 18.2. The summed E-state index contributed by atoms with van der Waals surface area (Å²) in [4.78, 5) is 13.5. The molecule has 130 valence electrons. The minimum absolute atomic E-state index is 0.175. The van der Waals surface area contributed by atoms with Gasteiger partial charge in [-0.05, 0) is 12.2 Å². The van der Waals surface area contributed by atoms with E-state index in [2.05, 4.69) is 4.98 Å². The second-order valence-corrected chi connectivity index (χ2v) is 7.46. The van der Waals surface area contributed by atoms with Crippen LogP contribution in [0.5, 0.6) is 0 Å². The lowest BCUT2D eigenvalue weighted by Crippen LogP contribution is -2.34. The van der Waals surface area contributed by atoms with Crippen LogP contribution < -0.4 is 11.3 Å². The van der Waals surface area contributed by atoms with Crippen LogP contribution in [0.1, 0.15) is 6.23 Å². The summed E-state index contributed by atoms with van der Waals surface area (Å²) in [5.74, 6) is -0.442. The van der Waals surface area contributed by atoms with Gasteiger partial charge < -0.3 is 25.8 Å². The van der Waals surface area contributed by atoms with Crippen LogP contribution in [0.2, 0.25) is 0 Å². The van der Waals surface area contributed by atoms with E-state index in [9.17, 15) is 23.4 Å². The molecule has 2 rings (SSSR count). The number of nitrogens with two attached hydrogens (primary N) is 1. The predicted molar refractivity (Wildman–Crippen MR) is 80.0 cm³/mol. The highest BCUT2D eigenvalue weighted by atomic mass is 32.2. The smallest absolute Gasteiger partial charge is 0.270 e. The van der Waals surface area contributed by atoms with Gasteiger partial charge in [0.15, 0.2) is 20.8 Å². The van der Waals surface area contributed by atoms with Gasteiger partial charge in [0.2, 0.25) is 0 Å². The topological polar surface area (TPSA) is 168 Å². The predicted octanol–water partition coefficient (Wildman–Crippen LogP) is -2.75. The lowest BCUT2D eigenvalue weighted by Gasteiger charge is -2.19. The van der Waals surface area contributed by atoms with Gasteiger partial charge in [0.05, 0.1) is 12.4 Å². The zero-order chi connectivity index (χ0) is 17.4. The van der Waals surface area contributed by atoms with E-state index in [1.54, 1.807) is 0 Å². The van der Waals surface area contributed by atoms with Crippen LogP contribution in [-0.4, -0.2) is 70.5 Å². The van der Waals surface area contributed by atoms with Gasteiger partial charge in [-0.2, -0.15) is 0 Å². The summed E-state index contributed by atoms with van der Waals surface area (Å²) < 4.78 is 30.2. The molecule has 0 bridgehead atoms. The number of sulfone groups is 1. The fourth-order valence-electron chi connectivity index (χ4n) is 2.25. The van der Waals surface area contributed by atoms with Crippen molar-refractivity contribution in [2.75, 3.05) is 18.9 Å². The summed E-state index contributed by atoms with van der Waals surface area (Å²) in [5, 5.41) is 28.8. The number of hydrogen-bond donors (Lipinski definition) is 5. The summed E-state index contributed by atoms with van der Waals surface area (Å²) in [7, 11) is -3.94. The van der Waals surface area contributed by atoms with Gasteiger partial charge in [0.1, 0.15) is 23.2 Å². The Morgan fingerprint density at radius 2 is 2.04 bits per heavy atom. The van der Waals surface area contributed by atoms with E-state index in [0.717, 1.165) is 10.8 Å². The maximum atomic E-state index is 12.1.